The van der Waals surface area contributed by atoms with E-state index in [2.05, 4.69) is 21.2 Å². The molecule has 0 saturated heterocycles. The minimum Gasteiger partial charge on any atom is -0.313 e. The summed E-state index contributed by atoms with van der Waals surface area (Å²) < 4.78 is 23.2. The molecule has 1 N–H and O–H groups in total. The zero-order valence-corrected chi connectivity index (χ0v) is 13.6. The van der Waals surface area contributed by atoms with Gasteiger partial charge in [-0.15, -0.1) is 0 Å². The molecule has 1 aromatic carbocycles. The minimum atomic E-state index is -2.90. The maximum atomic E-state index is 11.1. The molecule has 1 rings (SSSR count). The highest BCUT2D eigenvalue weighted by atomic mass is 79.9. The van der Waals surface area contributed by atoms with Gasteiger partial charge in [0.05, 0.1) is 0 Å². The number of hydrogen-bond acceptors (Lipinski definition) is 3. The fourth-order valence-corrected chi connectivity index (χ4v) is 3.11. The Morgan fingerprint density at radius 3 is 2.67 bits per heavy atom. The molecular weight excluding hydrogens is 338 g/mol. The van der Waals surface area contributed by atoms with Gasteiger partial charge in [0.2, 0.25) is 0 Å². The molecule has 0 bridgehead atoms. The number of rotatable bonds is 6. The molecule has 18 heavy (non-hydrogen) atoms. The third-order valence-corrected chi connectivity index (χ3v) is 4.56. The second-order valence-electron chi connectivity index (χ2n) is 4.28. The van der Waals surface area contributed by atoms with Crippen LogP contribution in [0.3, 0.4) is 0 Å². The number of benzene rings is 1. The Balaban J connectivity index is 2.74. The average molecular weight is 355 g/mol. The van der Waals surface area contributed by atoms with Gasteiger partial charge in [0, 0.05) is 27.5 Å². The van der Waals surface area contributed by atoms with Gasteiger partial charge >= 0.3 is 0 Å². The van der Waals surface area contributed by atoms with Crippen molar-refractivity contribution in [1.29, 1.82) is 0 Å². The zero-order valence-electron chi connectivity index (χ0n) is 10.4. The van der Waals surface area contributed by atoms with Crippen LogP contribution in [0.2, 0.25) is 5.02 Å². The van der Waals surface area contributed by atoms with Gasteiger partial charge in [-0.05, 0) is 43.7 Å². The molecule has 0 aliphatic rings. The van der Waals surface area contributed by atoms with Gasteiger partial charge in [-0.1, -0.05) is 27.5 Å². The van der Waals surface area contributed by atoms with Gasteiger partial charge in [-0.3, -0.25) is 0 Å². The number of hydrogen-bond donors (Lipinski definition) is 1. The summed E-state index contributed by atoms with van der Waals surface area (Å²) in [7, 11) is -1.05. The van der Waals surface area contributed by atoms with Crippen molar-refractivity contribution in [2.45, 2.75) is 18.9 Å². The van der Waals surface area contributed by atoms with Gasteiger partial charge in [0.25, 0.3) is 0 Å². The first-order valence-electron chi connectivity index (χ1n) is 5.63. The van der Waals surface area contributed by atoms with Crippen LogP contribution in [0.5, 0.6) is 0 Å². The summed E-state index contributed by atoms with van der Waals surface area (Å²) in [4.78, 5) is 0. The van der Waals surface area contributed by atoms with E-state index in [4.69, 9.17) is 11.6 Å². The second-order valence-corrected chi connectivity index (χ2v) is 7.86. The van der Waals surface area contributed by atoms with Crippen molar-refractivity contribution in [3.8, 4) is 0 Å². The molecule has 1 aromatic rings. The normalized spacial score (nSPS) is 13.6. The van der Waals surface area contributed by atoms with E-state index in [0.29, 0.717) is 11.4 Å². The summed E-state index contributed by atoms with van der Waals surface area (Å²) in [6.45, 7) is 0. The lowest BCUT2D eigenvalue weighted by atomic mass is 10.0. The number of sulfone groups is 1. The third kappa shape index (κ3) is 5.26. The van der Waals surface area contributed by atoms with Crippen LogP contribution in [-0.2, 0) is 9.84 Å². The molecular formula is C12H17BrClNO2S. The average Bonchev–Trinajstić information content (AvgIpc) is 2.27. The fraction of sp³-hybridized carbons (Fsp3) is 0.500. The van der Waals surface area contributed by atoms with E-state index in [-0.39, 0.29) is 11.8 Å². The summed E-state index contributed by atoms with van der Waals surface area (Å²) in [5.41, 5.74) is 0.988. The molecule has 0 heterocycles. The summed E-state index contributed by atoms with van der Waals surface area (Å²) in [5, 5.41) is 3.86. The third-order valence-electron chi connectivity index (χ3n) is 2.69. The Bertz CT molecular complexity index is 505. The Hall–Kier alpha value is -0.100. The van der Waals surface area contributed by atoms with Gasteiger partial charge in [-0.2, -0.15) is 0 Å². The predicted octanol–water partition coefficient (Wildman–Crippen LogP) is 3.19. The lowest BCUT2D eigenvalue weighted by Crippen LogP contribution is -2.18. The van der Waals surface area contributed by atoms with Crippen LogP contribution in [0.4, 0.5) is 0 Å². The summed E-state index contributed by atoms with van der Waals surface area (Å²) >= 11 is 9.57. The van der Waals surface area contributed by atoms with E-state index in [0.717, 1.165) is 16.5 Å². The van der Waals surface area contributed by atoms with Crippen molar-refractivity contribution in [3.63, 3.8) is 0 Å². The Labute approximate surface area is 122 Å². The standard InChI is InChI=1S/C12H17BrClNO2S/c1-15-12(4-3-7-18(2,16)17)10-8-9(13)5-6-11(10)14/h5-6,8,12,15H,3-4,7H2,1-2H3. The quantitative estimate of drug-likeness (QED) is 0.853. The molecule has 0 aliphatic heterocycles. The predicted molar refractivity (Wildman–Crippen MR) is 79.9 cm³/mol. The summed E-state index contributed by atoms with van der Waals surface area (Å²) in [5.74, 6) is 0.205. The molecule has 1 atom stereocenters. The van der Waals surface area contributed by atoms with Crippen LogP contribution in [-0.4, -0.2) is 27.5 Å². The molecule has 0 fully saturated rings. The largest absolute Gasteiger partial charge is 0.313 e. The molecule has 0 aliphatic carbocycles. The molecule has 0 aromatic heterocycles. The first-order chi connectivity index (χ1) is 8.33. The molecule has 0 saturated carbocycles. The van der Waals surface area contributed by atoms with Crippen LogP contribution >= 0.6 is 27.5 Å². The molecule has 3 nitrogen and oxygen atoms in total. The highest BCUT2D eigenvalue weighted by Gasteiger charge is 2.14. The Kier molecular flexibility index (Phi) is 6.11. The first-order valence-corrected chi connectivity index (χ1v) is 8.86. The van der Waals surface area contributed by atoms with Crippen LogP contribution in [0, 0.1) is 0 Å². The fourth-order valence-electron chi connectivity index (χ4n) is 1.79. The van der Waals surface area contributed by atoms with Crippen LogP contribution in [0.1, 0.15) is 24.4 Å². The molecule has 0 spiro atoms. The van der Waals surface area contributed by atoms with Crippen molar-refractivity contribution >= 4 is 37.4 Å². The smallest absolute Gasteiger partial charge is 0.147 e. The first kappa shape index (κ1) is 16.0. The van der Waals surface area contributed by atoms with Crippen molar-refractivity contribution in [3.05, 3.63) is 33.3 Å². The minimum absolute atomic E-state index is 0.0664. The van der Waals surface area contributed by atoms with Crippen molar-refractivity contribution in [1.82, 2.24) is 5.32 Å². The number of nitrogens with one attached hydrogen (secondary N) is 1. The maximum Gasteiger partial charge on any atom is 0.147 e. The van der Waals surface area contributed by atoms with E-state index in [9.17, 15) is 8.42 Å². The topological polar surface area (TPSA) is 46.2 Å². The highest BCUT2D eigenvalue weighted by molar-refractivity contribution is 9.10. The van der Waals surface area contributed by atoms with E-state index in [1.165, 1.54) is 6.26 Å². The monoisotopic (exact) mass is 353 g/mol. The second kappa shape index (κ2) is 6.89. The van der Waals surface area contributed by atoms with Crippen LogP contribution < -0.4 is 5.32 Å². The van der Waals surface area contributed by atoms with E-state index in [1.54, 1.807) is 0 Å². The summed E-state index contributed by atoms with van der Waals surface area (Å²) in [6.07, 6.45) is 2.61. The molecule has 6 heteroatoms. The van der Waals surface area contributed by atoms with Gasteiger partial charge in [0.1, 0.15) is 9.84 Å². The van der Waals surface area contributed by atoms with Gasteiger partial charge in [0.15, 0.2) is 0 Å². The number of halogens is 2. The van der Waals surface area contributed by atoms with Gasteiger partial charge in [-0.25, -0.2) is 8.42 Å². The highest BCUT2D eigenvalue weighted by Crippen LogP contribution is 2.29. The molecule has 1 unspecified atom stereocenters. The van der Waals surface area contributed by atoms with E-state index in [1.807, 2.05) is 25.2 Å². The lowest BCUT2D eigenvalue weighted by Gasteiger charge is -2.18. The molecule has 0 radical (unpaired) electrons. The molecule has 102 valence electrons. The zero-order chi connectivity index (χ0) is 13.8. The van der Waals surface area contributed by atoms with Crippen LogP contribution in [0.15, 0.2) is 22.7 Å². The van der Waals surface area contributed by atoms with Crippen LogP contribution in [0.25, 0.3) is 0 Å². The SMILES string of the molecule is CNC(CCCS(C)(=O)=O)c1cc(Br)ccc1Cl. The lowest BCUT2D eigenvalue weighted by molar-refractivity contribution is 0.536. The van der Waals surface area contributed by atoms with Crippen molar-refractivity contribution in [2.75, 3.05) is 19.1 Å². The Morgan fingerprint density at radius 1 is 1.44 bits per heavy atom. The maximum absolute atomic E-state index is 11.1. The van der Waals surface area contributed by atoms with E-state index < -0.39 is 9.84 Å². The van der Waals surface area contributed by atoms with E-state index >= 15 is 0 Å². The van der Waals surface area contributed by atoms with Crippen molar-refractivity contribution < 1.29 is 8.42 Å². The summed E-state index contributed by atoms with van der Waals surface area (Å²) in [6, 6.07) is 5.75. The van der Waals surface area contributed by atoms with Gasteiger partial charge < -0.3 is 5.32 Å². The molecule has 0 amide bonds. The Morgan fingerprint density at radius 2 is 2.11 bits per heavy atom. The van der Waals surface area contributed by atoms with Crippen molar-refractivity contribution in [2.24, 2.45) is 0 Å².